The minimum absolute atomic E-state index is 0.273. The Morgan fingerprint density at radius 2 is 1.24 bits per heavy atom. The van der Waals surface area contributed by atoms with Crippen LogP contribution in [0.15, 0.2) is 12.2 Å². The van der Waals surface area contributed by atoms with E-state index in [2.05, 4.69) is 83.7 Å². The van der Waals surface area contributed by atoms with Gasteiger partial charge in [0, 0.05) is 21.6 Å². The van der Waals surface area contributed by atoms with E-state index in [9.17, 15) is 4.79 Å². The second kappa shape index (κ2) is 26.3. The van der Waals surface area contributed by atoms with Gasteiger partial charge in [0.1, 0.15) is 0 Å². The predicted molar refractivity (Wildman–Crippen MR) is 158 cm³/mol. The Kier molecular flexibility index (Phi) is 31.8. The molecule has 0 spiro atoms. The molecule has 0 aromatic heterocycles. The number of carbonyl (C=O) groups excluding carboxylic acids is 1. The lowest BCUT2D eigenvalue weighted by Gasteiger charge is -2.26. The summed E-state index contributed by atoms with van der Waals surface area (Å²) in [7, 11) is 0.193. The second-order valence-corrected chi connectivity index (χ2v) is 21.7. The smallest absolute Gasteiger partial charge is 0.155 e. The van der Waals surface area contributed by atoms with Crippen LogP contribution in [0.2, 0.25) is 45.3 Å². The largest absolute Gasteiger partial charge is 0.369 e. The lowest BCUT2D eigenvalue weighted by atomic mass is 10.3. The van der Waals surface area contributed by atoms with Crippen LogP contribution < -0.4 is 5.73 Å². The average Bonchev–Trinajstić information content (AvgIpc) is 3.20. The van der Waals surface area contributed by atoms with Crippen molar-refractivity contribution in [3.05, 3.63) is 12.2 Å². The summed E-state index contributed by atoms with van der Waals surface area (Å²) in [4.78, 5) is 14.9. The molecule has 0 unspecified atom stereocenters. The van der Waals surface area contributed by atoms with Crippen LogP contribution in [0.1, 0.15) is 54.4 Å². The molecule has 1 aliphatic rings. The first kappa shape index (κ1) is 39.9. The Labute approximate surface area is 211 Å². The lowest BCUT2D eigenvalue weighted by Crippen LogP contribution is -2.40. The molecule has 33 heavy (non-hydrogen) atoms. The van der Waals surface area contributed by atoms with Gasteiger partial charge in [-0.05, 0) is 51.4 Å². The molecule has 202 valence electrons. The first-order valence-corrected chi connectivity index (χ1v) is 20.5. The highest BCUT2D eigenvalue weighted by atomic mass is 28.3. The predicted octanol–water partition coefficient (Wildman–Crippen LogP) is 6.35. The molecule has 0 saturated heterocycles. The fourth-order valence-electron chi connectivity index (χ4n) is 2.30. The Morgan fingerprint density at radius 3 is 1.36 bits per heavy atom. The quantitative estimate of drug-likeness (QED) is 0.292. The third-order valence-corrected chi connectivity index (χ3v) is 8.24. The van der Waals surface area contributed by atoms with Gasteiger partial charge in [0.05, 0.1) is 14.8 Å². The van der Waals surface area contributed by atoms with Crippen LogP contribution in [-0.4, -0.2) is 84.5 Å². The number of nitrogens with two attached hydrogens (primary N) is 1. The van der Waals surface area contributed by atoms with Crippen molar-refractivity contribution >= 4 is 21.9 Å². The zero-order valence-electron chi connectivity index (χ0n) is 25.0. The van der Waals surface area contributed by atoms with E-state index in [-0.39, 0.29) is 5.78 Å². The number of carbonyl (C=O) groups is 1. The monoisotopic (exact) mass is 505 g/mol. The van der Waals surface area contributed by atoms with E-state index in [0.29, 0.717) is 0 Å². The molecule has 0 atom stereocenters. The van der Waals surface area contributed by atoms with E-state index in [0.717, 1.165) is 32.7 Å². The summed E-state index contributed by atoms with van der Waals surface area (Å²) in [5, 5.41) is 0. The van der Waals surface area contributed by atoms with Gasteiger partial charge in [-0.3, -0.25) is 9.69 Å². The van der Waals surface area contributed by atoms with Crippen molar-refractivity contribution < 1.29 is 9.53 Å². The van der Waals surface area contributed by atoms with Crippen LogP contribution >= 0.6 is 0 Å². The molecular weight excluding hydrogens is 442 g/mol. The van der Waals surface area contributed by atoms with Crippen molar-refractivity contribution in [1.29, 1.82) is 0 Å². The Morgan fingerprint density at radius 1 is 0.848 bits per heavy atom. The highest BCUT2D eigenvalue weighted by molar-refractivity contribution is 6.76. The van der Waals surface area contributed by atoms with Gasteiger partial charge in [-0.1, -0.05) is 92.9 Å². The van der Waals surface area contributed by atoms with Gasteiger partial charge >= 0.3 is 0 Å². The molecular formula is C26H63N3O2Si2. The molecule has 0 fully saturated rings. The number of hydrogen-bond acceptors (Lipinski definition) is 5. The summed E-state index contributed by atoms with van der Waals surface area (Å²) < 4.78 is 5.09. The van der Waals surface area contributed by atoms with E-state index < -0.39 is 16.1 Å². The molecule has 0 amide bonds. The van der Waals surface area contributed by atoms with E-state index in [1.807, 2.05) is 13.0 Å². The third kappa shape index (κ3) is 42.3. The number of allylic oxidation sites excluding steroid dienone is 2. The number of nitrogens with zero attached hydrogens (tertiary/aromatic N) is 2. The summed E-state index contributed by atoms with van der Waals surface area (Å²) in [6.45, 7) is 33.4. The van der Waals surface area contributed by atoms with Crippen LogP contribution in [0.5, 0.6) is 0 Å². The maximum Gasteiger partial charge on any atom is 0.155 e. The zero-order valence-corrected chi connectivity index (χ0v) is 27.0. The first-order chi connectivity index (χ1) is 15.2. The van der Waals surface area contributed by atoms with E-state index in [4.69, 9.17) is 10.5 Å². The Hall–Kier alpha value is -0.316. The van der Waals surface area contributed by atoms with Crippen molar-refractivity contribution in [1.82, 2.24) is 9.80 Å². The van der Waals surface area contributed by atoms with Gasteiger partial charge in [-0.2, -0.15) is 0 Å². The molecule has 7 heteroatoms. The molecule has 0 bridgehead atoms. The SMILES string of the molecule is CCN.CCN(CC)CC.CCN(COC)C[Si](C)(C)C.CC[Si](C)(C)C.O=C1C=CCC1. The van der Waals surface area contributed by atoms with Crippen molar-refractivity contribution in [3.63, 3.8) is 0 Å². The molecule has 0 aliphatic heterocycles. The molecule has 0 saturated carbocycles. The molecule has 0 radical (unpaired) electrons. The number of methoxy groups -OCH3 is 1. The van der Waals surface area contributed by atoms with Crippen LogP contribution in [0, 0.1) is 0 Å². The highest BCUT2D eigenvalue weighted by Gasteiger charge is 2.16. The highest BCUT2D eigenvalue weighted by Crippen LogP contribution is 2.05. The topological polar surface area (TPSA) is 58.8 Å². The molecule has 0 heterocycles. The van der Waals surface area contributed by atoms with Crippen molar-refractivity contribution in [2.24, 2.45) is 5.73 Å². The van der Waals surface area contributed by atoms with E-state index in [1.165, 1.54) is 31.8 Å². The van der Waals surface area contributed by atoms with Crippen LogP contribution in [0.25, 0.3) is 0 Å². The summed E-state index contributed by atoms with van der Waals surface area (Å²) in [5.41, 5.74) is 4.85. The second-order valence-electron chi connectivity index (χ2n) is 10.5. The van der Waals surface area contributed by atoms with Crippen LogP contribution in [-0.2, 0) is 9.53 Å². The van der Waals surface area contributed by atoms with E-state index >= 15 is 0 Å². The van der Waals surface area contributed by atoms with Gasteiger partial charge in [-0.15, -0.1) is 0 Å². The average molecular weight is 506 g/mol. The van der Waals surface area contributed by atoms with Gasteiger partial charge in [0.25, 0.3) is 0 Å². The fourth-order valence-corrected chi connectivity index (χ4v) is 3.95. The minimum atomic E-state index is -0.933. The third-order valence-electron chi connectivity index (χ3n) is 4.72. The summed E-state index contributed by atoms with van der Waals surface area (Å²) in [5.74, 6) is 0.273. The van der Waals surface area contributed by atoms with Gasteiger partial charge in [-0.25, -0.2) is 0 Å². The Bertz CT molecular complexity index is 425. The molecule has 0 aromatic carbocycles. The number of hydrogen-bond donors (Lipinski definition) is 1. The summed E-state index contributed by atoms with van der Waals surface area (Å²) >= 11 is 0. The van der Waals surface area contributed by atoms with Gasteiger partial charge in [0.15, 0.2) is 5.78 Å². The maximum absolute atomic E-state index is 10.2. The normalized spacial score (nSPS) is 12.7. The molecule has 1 rings (SSSR count). The zero-order chi connectivity index (χ0) is 26.9. The first-order valence-electron chi connectivity index (χ1n) is 13.0. The Balaban J connectivity index is -0.000000168. The lowest BCUT2D eigenvalue weighted by molar-refractivity contribution is -0.114. The molecule has 0 aromatic rings. The summed E-state index contributed by atoms with van der Waals surface area (Å²) in [6.07, 6.45) is 6.47. The number of rotatable bonds is 9. The molecule has 1 aliphatic carbocycles. The fraction of sp³-hybridized carbons (Fsp3) is 0.885. The van der Waals surface area contributed by atoms with Crippen molar-refractivity contribution in [3.8, 4) is 0 Å². The standard InChI is InChI=1S/C8H21NOSi.C6H15N.C5H6O.C5H14Si.C2H7N/c1-6-9(7-10-2)8-11(3,4)5;1-4-7(5-2)6-3;6-5-3-1-2-4-5;1-5-6(2,3)4;1-2-3/h6-8H2,1-5H3;4-6H2,1-3H3;1,3H,2,4H2;5H2,1-4H3;2-3H2,1H3. The maximum atomic E-state index is 10.2. The van der Waals surface area contributed by atoms with Crippen LogP contribution in [0.4, 0.5) is 0 Å². The van der Waals surface area contributed by atoms with Crippen molar-refractivity contribution in [2.45, 2.75) is 99.7 Å². The number of ketones is 1. The minimum Gasteiger partial charge on any atom is -0.369 e. The number of ether oxygens (including phenoxy) is 1. The van der Waals surface area contributed by atoms with E-state index in [1.54, 1.807) is 13.2 Å². The summed E-state index contributed by atoms with van der Waals surface area (Å²) in [6, 6.07) is 1.41. The van der Waals surface area contributed by atoms with Gasteiger partial charge < -0.3 is 15.4 Å². The molecule has 2 N–H and O–H groups in total. The van der Waals surface area contributed by atoms with Gasteiger partial charge in [0.2, 0.25) is 0 Å². The van der Waals surface area contributed by atoms with Crippen LogP contribution in [0.3, 0.4) is 0 Å². The molecule has 5 nitrogen and oxygen atoms in total. The van der Waals surface area contributed by atoms with Crippen molar-refractivity contribution in [2.75, 3.05) is 52.7 Å².